The highest BCUT2D eigenvalue weighted by Gasteiger charge is 2.08. The molecule has 0 saturated carbocycles. The number of rotatable bonds is 8. The summed E-state index contributed by atoms with van der Waals surface area (Å²) in [7, 11) is 0. The first-order valence-electron chi connectivity index (χ1n) is 7.76. The summed E-state index contributed by atoms with van der Waals surface area (Å²) in [5.41, 5.74) is 1.55. The second-order valence-corrected chi connectivity index (χ2v) is 6.15. The number of anilines is 2. The minimum absolute atomic E-state index is 0.135. The highest BCUT2D eigenvalue weighted by atomic mass is 32.1. The van der Waals surface area contributed by atoms with Crippen molar-refractivity contribution in [2.45, 2.75) is 13.0 Å². The molecule has 0 amide bonds. The molecule has 24 heavy (non-hydrogen) atoms. The number of aromatic nitrogens is 3. The van der Waals surface area contributed by atoms with Crippen LogP contribution in [0, 0.1) is 0 Å². The highest BCUT2D eigenvalue weighted by Crippen LogP contribution is 2.20. The van der Waals surface area contributed by atoms with Crippen molar-refractivity contribution in [3.63, 3.8) is 0 Å². The summed E-state index contributed by atoms with van der Waals surface area (Å²) in [5, 5.41) is 17.4. The van der Waals surface area contributed by atoms with E-state index in [4.69, 9.17) is 5.11 Å². The monoisotopic (exact) mass is 341 g/mol. The Morgan fingerprint density at radius 2 is 2.00 bits per heavy atom. The molecule has 0 bridgehead atoms. The molecular weight excluding hydrogens is 322 g/mol. The molecule has 0 radical (unpaired) electrons. The fraction of sp³-hybridized carbons (Fsp3) is 0.235. The molecular formula is C17H19N5OS. The van der Waals surface area contributed by atoms with Gasteiger partial charge in [-0.2, -0.15) is 4.98 Å². The SMILES string of the molecule is OCCCNc1nc(NCc2cccs2)cc(-c2ccccn2)n1. The molecule has 3 aromatic rings. The third-order valence-corrected chi connectivity index (χ3v) is 4.17. The van der Waals surface area contributed by atoms with E-state index in [1.807, 2.05) is 30.3 Å². The molecule has 0 spiro atoms. The van der Waals surface area contributed by atoms with E-state index in [2.05, 4.69) is 37.0 Å². The van der Waals surface area contributed by atoms with E-state index in [9.17, 15) is 0 Å². The lowest BCUT2D eigenvalue weighted by Gasteiger charge is -2.10. The molecule has 3 heterocycles. The summed E-state index contributed by atoms with van der Waals surface area (Å²) in [5.74, 6) is 1.27. The zero-order valence-electron chi connectivity index (χ0n) is 13.1. The van der Waals surface area contributed by atoms with Crippen LogP contribution in [-0.2, 0) is 6.54 Å². The van der Waals surface area contributed by atoms with Crippen molar-refractivity contribution in [1.82, 2.24) is 15.0 Å². The Balaban J connectivity index is 1.81. The molecule has 0 aliphatic heterocycles. The van der Waals surface area contributed by atoms with Crippen molar-refractivity contribution in [2.75, 3.05) is 23.8 Å². The van der Waals surface area contributed by atoms with E-state index >= 15 is 0 Å². The van der Waals surface area contributed by atoms with Gasteiger partial charge in [0, 0.05) is 30.3 Å². The molecule has 0 aliphatic rings. The number of hydrogen-bond acceptors (Lipinski definition) is 7. The molecule has 6 nitrogen and oxygen atoms in total. The molecule has 3 N–H and O–H groups in total. The van der Waals surface area contributed by atoms with Gasteiger partial charge < -0.3 is 15.7 Å². The van der Waals surface area contributed by atoms with Crippen molar-refractivity contribution in [2.24, 2.45) is 0 Å². The van der Waals surface area contributed by atoms with Gasteiger partial charge in [0.25, 0.3) is 0 Å². The van der Waals surface area contributed by atoms with Crippen LogP contribution in [0.1, 0.15) is 11.3 Å². The fourth-order valence-corrected chi connectivity index (χ4v) is 2.78. The normalized spacial score (nSPS) is 10.5. The van der Waals surface area contributed by atoms with Crippen LogP contribution < -0.4 is 10.6 Å². The Morgan fingerprint density at radius 3 is 2.75 bits per heavy atom. The van der Waals surface area contributed by atoms with Gasteiger partial charge in [-0.3, -0.25) is 4.98 Å². The number of aliphatic hydroxyl groups excluding tert-OH is 1. The number of nitrogens with zero attached hydrogens (tertiary/aromatic N) is 3. The Labute approximate surface area is 144 Å². The molecule has 3 aromatic heterocycles. The second-order valence-electron chi connectivity index (χ2n) is 5.11. The largest absolute Gasteiger partial charge is 0.396 e. The van der Waals surface area contributed by atoms with Crippen molar-refractivity contribution >= 4 is 23.1 Å². The van der Waals surface area contributed by atoms with Crippen LogP contribution >= 0.6 is 11.3 Å². The van der Waals surface area contributed by atoms with E-state index in [0.717, 1.165) is 17.2 Å². The molecule has 0 fully saturated rings. The van der Waals surface area contributed by atoms with Gasteiger partial charge in [0.05, 0.1) is 17.9 Å². The third-order valence-electron chi connectivity index (χ3n) is 3.30. The molecule has 0 atom stereocenters. The van der Waals surface area contributed by atoms with E-state index in [1.54, 1.807) is 17.5 Å². The van der Waals surface area contributed by atoms with Crippen molar-refractivity contribution < 1.29 is 5.11 Å². The summed E-state index contributed by atoms with van der Waals surface area (Å²) in [4.78, 5) is 14.6. The fourth-order valence-electron chi connectivity index (χ4n) is 2.13. The predicted molar refractivity (Wildman–Crippen MR) is 97.1 cm³/mol. The van der Waals surface area contributed by atoms with Crippen LogP contribution in [0.15, 0.2) is 48.0 Å². The van der Waals surface area contributed by atoms with Crippen LogP contribution in [0.3, 0.4) is 0 Å². The number of nitrogens with one attached hydrogen (secondary N) is 2. The van der Waals surface area contributed by atoms with Crippen molar-refractivity contribution in [1.29, 1.82) is 0 Å². The lowest BCUT2D eigenvalue weighted by molar-refractivity contribution is 0.292. The Hall–Kier alpha value is -2.51. The number of thiophene rings is 1. The number of pyridine rings is 1. The van der Waals surface area contributed by atoms with Gasteiger partial charge in [-0.15, -0.1) is 11.3 Å². The maximum absolute atomic E-state index is 8.92. The van der Waals surface area contributed by atoms with Crippen LogP contribution in [0.2, 0.25) is 0 Å². The number of hydrogen-bond donors (Lipinski definition) is 3. The quantitative estimate of drug-likeness (QED) is 0.546. The first-order valence-corrected chi connectivity index (χ1v) is 8.64. The summed E-state index contributed by atoms with van der Waals surface area (Å²) in [6.07, 6.45) is 2.39. The van der Waals surface area contributed by atoms with E-state index in [-0.39, 0.29) is 6.61 Å². The summed E-state index contributed by atoms with van der Waals surface area (Å²) < 4.78 is 0. The van der Waals surface area contributed by atoms with Gasteiger partial charge >= 0.3 is 0 Å². The molecule has 124 valence electrons. The van der Waals surface area contributed by atoms with Crippen LogP contribution in [0.4, 0.5) is 11.8 Å². The second kappa shape index (κ2) is 8.37. The average Bonchev–Trinajstić information content (AvgIpc) is 3.14. The summed E-state index contributed by atoms with van der Waals surface area (Å²) >= 11 is 1.70. The maximum atomic E-state index is 8.92. The van der Waals surface area contributed by atoms with Gasteiger partial charge in [-0.05, 0) is 30.0 Å². The Bertz CT molecular complexity index is 749. The molecule has 3 rings (SSSR count). The van der Waals surface area contributed by atoms with Crippen LogP contribution in [-0.4, -0.2) is 33.2 Å². The Kier molecular flexibility index (Phi) is 5.70. The van der Waals surface area contributed by atoms with Gasteiger partial charge in [-0.1, -0.05) is 12.1 Å². The smallest absolute Gasteiger partial charge is 0.225 e. The zero-order valence-corrected chi connectivity index (χ0v) is 14.0. The maximum Gasteiger partial charge on any atom is 0.225 e. The highest BCUT2D eigenvalue weighted by molar-refractivity contribution is 7.09. The molecule has 0 unspecified atom stereocenters. The molecule has 0 aromatic carbocycles. The first kappa shape index (κ1) is 16.4. The zero-order chi connectivity index (χ0) is 16.6. The Morgan fingerprint density at radius 1 is 1.04 bits per heavy atom. The molecule has 7 heteroatoms. The minimum atomic E-state index is 0.135. The van der Waals surface area contributed by atoms with Gasteiger partial charge in [0.2, 0.25) is 5.95 Å². The van der Waals surface area contributed by atoms with Gasteiger partial charge in [0.15, 0.2) is 0 Å². The summed E-state index contributed by atoms with van der Waals surface area (Å²) in [6, 6.07) is 11.7. The minimum Gasteiger partial charge on any atom is -0.396 e. The lowest BCUT2D eigenvalue weighted by Crippen LogP contribution is -2.09. The van der Waals surface area contributed by atoms with Crippen LogP contribution in [0.5, 0.6) is 0 Å². The first-order chi connectivity index (χ1) is 11.8. The van der Waals surface area contributed by atoms with Crippen LogP contribution in [0.25, 0.3) is 11.4 Å². The van der Waals surface area contributed by atoms with E-state index in [0.29, 0.717) is 25.5 Å². The van der Waals surface area contributed by atoms with Gasteiger partial charge in [-0.25, -0.2) is 4.98 Å². The van der Waals surface area contributed by atoms with E-state index < -0.39 is 0 Å². The number of aliphatic hydroxyl groups is 1. The topological polar surface area (TPSA) is 83.0 Å². The summed E-state index contributed by atoms with van der Waals surface area (Å²) in [6.45, 7) is 1.47. The standard InChI is InChI=1S/C17H19N5OS/c23-9-4-8-19-17-21-15(14-6-1-2-7-18-14)11-16(22-17)20-12-13-5-3-10-24-13/h1-3,5-7,10-11,23H,4,8-9,12H2,(H2,19,20,21,22). The average molecular weight is 341 g/mol. The molecule has 0 saturated heterocycles. The predicted octanol–water partition coefficient (Wildman–Crippen LogP) is 3.01. The van der Waals surface area contributed by atoms with Crippen molar-refractivity contribution in [3.8, 4) is 11.4 Å². The van der Waals surface area contributed by atoms with Gasteiger partial charge in [0.1, 0.15) is 5.82 Å². The lowest BCUT2D eigenvalue weighted by atomic mass is 10.2. The third kappa shape index (κ3) is 4.50. The van der Waals surface area contributed by atoms with Crippen molar-refractivity contribution in [3.05, 3.63) is 52.9 Å². The van der Waals surface area contributed by atoms with E-state index in [1.165, 1.54) is 4.88 Å². The molecule has 0 aliphatic carbocycles.